The van der Waals surface area contributed by atoms with Gasteiger partial charge in [0.15, 0.2) is 5.76 Å². The van der Waals surface area contributed by atoms with Gasteiger partial charge in [-0.1, -0.05) is 11.6 Å². The number of benzene rings is 1. The quantitative estimate of drug-likeness (QED) is 0.941. The smallest absolute Gasteiger partial charge is 0.289 e. The first kappa shape index (κ1) is 15.3. The molecule has 0 aliphatic carbocycles. The van der Waals surface area contributed by atoms with E-state index in [0.29, 0.717) is 36.0 Å². The van der Waals surface area contributed by atoms with Gasteiger partial charge in [0.25, 0.3) is 5.91 Å². The Balaban J connectivity index is 1.68. The fourth-order valence-electron chi connectivity index (χ4n) is 2.78. The molecule has 3 rings (SSSR count). The lowest BCUT2D eigenvalue weighted by Crippen LogP contribution is -2.50. The van der Waals surface area contributed by atoms with Crippen molar-refractivity contribution in [3.63, 3.8) is 0 Å². The van der Waals surface area contributed by atoms with Crippen LogP contribution < -0.4 is 0 Å². The summed E-state index contributed by atoms with van der Waals surface area (Å²) in [5.41, 5.74) is 0.667. The van der Waals surface area contributed by atoms with Gasteiger partial charge in [-0.2, -0.15) is 0 Å². The van der Waals surface area contributed by atoms with Crippen LogP contribution in [0.1, 0.15) is 17.5 Å². The summed E-state index contributed by atoms with van der Waals surface area (Å²) in [6.07, 6.45) is -0.345. The van der Waals surface area contributed by atoms with E-state index in [1.54, 1.807) is 36.1 Å². The molecule has 118 valence electrons. The molecular formula is C16H19ClN2O3. The van der Waals surface area contributed by atoms with Gasteiger partial charge < -0.3 is 14.4 Å². The van der Waals surface area contributed by atoms with Crippen LogP contribution in [0.4, 0.5) is 0 Å². The van der Waals surface area contributed by atoms with Crippen LogP contribution >= 0.6 is 11.6 Å². The third-order valence-electron chi connectivity index (χ3n) is 3.87. The van der Waals surface area contributed by atoms with Crippen LogP contribution in [-0.4, -0.2) is 59.6 Å². The first-order valence-corrected chi connectivity index (χ1v) is 7.79. The number of hydrogen-bond acceptors (Lipinski definition) is 4. The van der Waals surface area contributed by atoms with Gasteiger partial charge in [0, 0.05) is 43.1 Å². The summed E-state index contributed by atoms with van der Waals surface area (Å²) < 4.78 is 5.63. The molecule has 5 nitrogen and oxygen atoms in total. The molecule has 1 amide bonds. The Bertz CT molecular complexity index is 675. The van der Waals surface area contributed by atoms with Gasteiger partial charge >= 0.3 is 0 Å². The van der Waals surface area contributed by atoms with Crippen LogP contribution in [0, 0.1) is 0 Å². The lowest BCUT2D eigenvalue weighted by atomic mass is 10.2. The number of carbonyl (C=O) groups is 1. The largest absolute Gasteiger partial charge is 0.451 e. The van der Waals surface area contributed by atoms with Crippen molar-refractivity contribution in [1.29, 1.82) is 0 Å². The third-order valence-corrected chi connectivity index (χ3v) is 4.11. The van der Waals surface area contributed by atoms with E-state index in [4.69, 9.17) is 16.0 Å². The Morgan fingerprint density at radius 2 is 2.05 bits per heavy atom. The van der Waals surface area contributed by atoms with Crippen LogP contribution in [0.3, 0.4) is 0 Å². The highest BCUT2D eigenvalue weighted by molar-refractivity contribution is 6.31. The Hall–Kier alpha value is -1.56. The summed E-state index contributed by atoms with van der Waals surface area (Å²) in [6.45, 7) is 5.24. The molecule has 6 heteroatoms. The van der Waals surface area contributed by atoms with Crippen LogP contribution in [0.15, 0.2) is 28.7 Å². The van der Waals surface area contributed by atoms with Crippen molar-refractivity contribution in [3.8, 4) is 0 Å². The molecule has 0 saturated carbocycles. The second-order valence-electron chi connectivity index (χ2n) is 5.73. The van der Waals surface area contributed by atoms with Gasteiger partial charge in [-0.3, -0.25) is 9.69 Å². The highest BCUT2D eigenvalue weighted by Gasteiger charge is 2.24. The van der Waals surface area contributed by atoms with Gasteiger partial charge in [0.05, 0.1) is 6.10 Å². The zero-order chi connectivity index (χ0) is 15.7. The van der Waals surface area contributed by atoms with Crippen LogP contribution in [0.25, 0.3) is 11.0 Å². The standard InChI is InChI=1S/C16H19ClN2O3/c1-11(20)10-18-4-6-19(7-5-18)16(21)15-9-12-8-13(17)2-3-14(12)22-15/h2-3,8-9,11,20H,4-7,10H2,1H3/t11-/m1/s1. The van der Waals surface area contributed by atoms with Crippen molar-refractivity contribution in [2.24, 2.45) is 0 Å². The number of aliphatic hydroxyl groups is 1. The van der Waals surface area contributed by atoms with Gasteiger partial charge in [-0.25, -0.2) is 0 Å². The number of rotatable bonds is 3. The first-order valence-electron chi connectivity index (χ1n) is 7.42. The molecule has 2 aromatic rings. The average molecular weight is 323 g/mol. The molecule has 0 spiro atoms. The molecule has 1 atom stereocenters. The average Bonchev–Trinajstić information content (AvgIpc) is 2.89. The monoisotopic (exact) mass is 322 g/mol. The maximum absolute atomic E-state index is 12.5. The highest BCUT2D eigenvalue weighted by atomic mass is 35.5. The summed E-state index contributed by atoms with van der Waals surface area (Å²) in [6, 6.07) is 7.05. The normalized spacial score (nSPS) is 17.9. The summed E-state index contributed by atoms with van der Waals surface area (Å²) in [5, 5.41) is 10.9. The van der Waals surface area contributed by atoms with Crippen molar-refractivity contribution >= 4 is 28.5 Å². The number of carbonyl (C=O) groups excluding carboxylic acids is 1. The number of furan rings is 1. The number of aliphatic hydroxyl groups excluding tert-OH is 1. The van der Waals surface area contributed by atoms with Crippen molar-refractivity contribution in [1.82, 2.24) is 9.80 Å². The second kappa shape index (κ2) is 6.28. The van der Waals surface area contributed by atoms with Crippen molar-refractivity contribution < 1.29 is 14.3 Å². The molecule has 0 radical (unpaired) electrons. The third kappa shape index (κ3) is 3.27. The predicted octanol–water partition coefficient (Wildman–Crippen LogP) is 2.22. The van der Waals surface area contributed by atoms with Crippen molar-refractivity contribution in [2.45, 2.75) is 13.0 Å². The Morgan fingerprint density at radius 3 is 2.73 bits per heavy atom. The van der Waals surface area contributed by atoms with Crippen molar-refractivity contribution in [3.05, 3.63) is 35.0 Å². The SMILES string of the molecule is C[C@@H](O)CN1CCN(C(=O)c2cc3cc(Cl)ccc3o2)CC1. The highest BCUT2D eigenvalue weighted by Crippen LogP contribution is 2.24. The molecule has 22 heavy (non-hydrogen) atoms. The molecule has 1 N–H and O–H groups in total. The van der Waals surface area contributed by atoms with E-state index in [9.17, 15) is 9.90 Å². The number of hydrogen-bond donors (Lipinski definition) is 1. The fraction of sp³-hybridized carbons (Fsp3) is 0.438. The summed E-state index contributed by atoms with van der Waals surface area (Å²) in [7, 11) is 0. The van der Waals surface area contributed by atoms with E-state index in [1.165, 1.54) is 0 Å². The first-order chi connectivity index (χ1) is 10.5. The topological polar surface area (TPSA) is 56.9 Å². The van der Waals surface area contributed by atoms with E-state index >= 15 is 0 Å². The van der Waals surface area contributed by atoms with Gasteiger partial charge in [0.2, 0.25) is 0 Å². The maximum atomic E-state index is 12.5. The molecule has 0 unspecified atom stereocenters. The summed E-state index contributed by atoms with van der Waals surface area (Å²) in [4.78, 5) is 16.5. The van der Waals surface area contributed by atoms with Crippen LogP contribution in [0.5, 0.6) is 0 Å². The summed E-state index contributed by atoms with van der Waals surface area (Å²) in [5.74, 6) is 0.255. The predicted molar refractivity (Wildman–Crippen MR) is 85.2 cm³/mol. The molecular weight excluding hydrogens is 304 g/mol. The lowest BCUT2D eigenvalue weighted by molar-refractivity contribution is 0.0530. The minimum absolute atomic E-state index is 0.0935. The molecule has 1 saturated heterocycles. The van der Waals surface area contributed by atoms with E-state index in [2.05, 4.69) is 4.90 Å². The zero-order valence-electron chi connectivity index (χ0n) is 12.5. The zero-order valence-corrected chi connectivity index (χ0v) is 13.2. The molecule has 1 aromatic carbocycles. The van der Waals surface area contributed by atoms with E-state index in [0.717, 1.165) is 18.5 Å². The lowest BCUT2D eigenvalue weighted by Gasteiger charge is -2.34. The Labute approximate surface area is 134 Å². The van der Waals surface area contributed by atoms with Crippen LogP contribution in [-0.2, 0) is 0 Å². The number of halogens is 1. The minimum Gasteiger partial charge on any atom is -0.451 e. The van der Waals surface area contributed by atoms with E-state index in [-0.39, 0.29) is 12.0 Å². The molecule has 2 heterocycles. The molecule has 1 aliphatic rings. The molecule has 0 bridgehead atoms. The van der Waals surface area contributed by atoms with E-state index < -0.39 is 0 Å². The van der Waals surface area contributed by atoms with Gasteiger partial charge in [-0.05, 0) is 31.2 Å². The number of β-amino-alcohol motifs (C(OH)–C–C–N with tert-alkyl or cyclic N) is 1. The second-order valence-corrected chi connectivity index (χ2v) is 6.17. The van der Waals surface area contributed by atoms with Gasteiger partial charge in [-0.15, -0.1) is 0 Å². The van der Waals surface area contributed by atoms with Crippen LogP contribution in [0.2, 0.25) is 5.02 Å². The molecule has 1 fully saturated rings. The minimum atomic E-state index is -0.345. The maximum Gasteiger partial charge on any atom is 0.289 e. The molecule has 1 aliphatic heterocycles. The number of nitrogens with zero attached hydrogens (tertiary/aromatic N) is 2. The Morgan fingerprint density at radius 1 is 1.32 bits per heavy atom. The molecule has 1 aromatic heterocycles. The van der Waals surface area contributed by atoms with Crippen molar-refractivity contribution in [2.75, 3.05) is 32.7 Å². The number of amides is 1. The van der Waals surface area contributed by atoms with E-state index in [1.807, 2.05) is 0 Å². The fourth-order valence-corrected chi connectivity index (χ4v) is 2.96. The van der Waals surface area contributed by atoms with Gasteiger partial charge in [0.1, 0.15) is 5.58 Å². The number of piperazine rings is 1. The summed E-state index contributed by atoms with van der Waals surface area (Å²) >= 11 is 5.95. The number of fused-ring (bicyclic) bond motifs is 1. The Kier molecular flexibility index (Phi) is 4.38.